The zero-order valence-corrected chi connectivity index (χ0v) is 11.2. The van der Waals surface area contributed by atoms with Crippen LogP contribution in [0.25, 0.3) is 0 Å². The number of hydrazone groups is 1. The maximum Gasteiger partial charge on any atom is 0.274 e. The van der Waals surface area contributed by atoms with Crippen LogP contribution < -0.4 is 10.2 Å². The third-order valence-corrected chi connectivity index (χ3v) is 2.73. The van der Waals surface area contributed by atoms with Gasteiger partial charge in [0.05, 0.1) is 18.9 Å². The monoisotopic (exact) mass is 288 g/mol. The number of halogens is 1. The fourth-order valence-corrected chi connectivity index (χ4v) is 1.63. The lowest BCUT2D eigenvalue weighted by atomic mass is 10.2. The molecule has 0 saturated carbocycles. The molecule has 5 nitrogen and oxygen atoms in total. The molecule has 108 valence electrons. The Kier molecular flexibility index (Phi) is 4.50. The van der Waals surface area contributed by atoms with Gasteiger partial charge in [0.2, 0.25) is 0 Å². The minimum atomic E-state index is -0.669. The van der Waals surface area contributed by atoms with Gasteiger partial charge in [-0.1, -0.05) is 12.1 Å². The topological polar surface area (TPSA) is 70.9 Å². The van der Waals surface area contributed by atoms with Gasteiger partial charge in [0.25, 0.3) is 5.91 Å². The summed E-state index contributed by atoms with van der Waals surface area (Å²) in [6.45, 7) is 0. The van der Waals surface area contributed by atoms with Gasteiger partial charge < -0.3 is 9.84 Å². The molecule has 2 aromatic carbocycles. The second-order valence-corrected chi connectivity index (χ2v) is 4.10. The number of carbonyl (C=O) groups is 1. The van der Waals surface area contributed by atoms with E-state index in [0.717, 1.165) is 0 Å². The van der Waals surface area contributed by atoms with Crippen molar-refractivity contribution in [3.05, 3.63) is 59.4 Å². The molecule has 0 fully saturated rings. The number of aromatic hydroxyl groups is 1. The van der Waals surface area contributed by atoms with Crippen LogP contribution >= 0.6 is 0 Å². The first-order chi connectivity index (χ1) is 10.1. The van der Waals surface area contributed by atoms with Crippen LogP contribution in [0.4, 0.5) is 4.39 Å². The van der Waals surface area contributed by atoms with Gasteiger partial charge in [-0.3, -0.25) is 4.79 Å². The molecule has 0 bridgehead atoms. The Morgan fingerprint density at radius 2 is 2.10 bits per heavy atom. The summed E-state index contributed by atoms with van der Waals surface area (Å²) >= 11 is 0. The number of phenols is 1. The van der Waals surface area contributed by atoms with Crippen molar-refractivity contribution in [2.75, 3.05) is 7.11 Å². The minimum absolute atomic E-state index is 0.0433. The molecule has 0 heterocycles. The Hall–Kier alpha value is -2.89. The molecule has 2 aromatic rings. The average Bonchev–Trinajstić information content (AvgIpc) is 2.49. The van der Waals surface area contributed by atoms with Crippen LogP contribution in [0.15, 0.2) is 47.6 Å². The van der Waals surface area contributed by atoms with Crippen molar-refractivity contribution in [3.63, 3.8) is 0 Å². The van der Waals surface area contributed by atoms with E-state index in [2.05, 4.69) is 10.5 Å². The summed E-state index contributed by atoms with van der Waals surface area (Å²) in [7, 11) is 1.48. The Morgan fingerprint density at radius 3 is 2.76 bits per heavy atom. The smallest absolute Gasteiger partial charge is 0.274 e. The zero-order valence-electron chi connectivity index (χ0n) is 11.2. The van der Waals surface area contributed by atoms with E-state index < -0.39 is 11.7 Å². The number of hydrogen-bond acceptors (Lipinski definition) is 4. The van der Waals surface area contributed by atoms with Crippen molar-refractivity contribution in [1.29, 1.82) is 0 Å². The summed E-state index contributed by atoms with van der Waals surface area (Å²) in [5, 5.41) is 13.4. The molecule has 0 aliphatic rings. The highest BCUT2D eigenvalue weighted by Gasteiger charge is 2.09. The zero-order chi connectivity index (χ0) is 15.2. The number of rotatable bonds is 4. The number of hydrogen-bond donors (Lipinski definition) is 2. The van der Waals surface area contributed by atoms with E-state index in [-0.39, 0.29) is 11.3 Å². The van der Waals surface area contributed by atoms with Crippen LogP contribution in [0.3, 0.4) is 0 Å². The molecule has 2 rings (SSSR count). The van der Waals surface area contributed by atoms with Crippen molar-refractivity contribution in [3.8, 4) is 11.5 Å². The fraction of sp³-hybridized carbons (Fsp3) is 0.0667. The number of amides is 1. The van der Waals surface area contributed by atoms with E-state index in [9.17, 15) is 14.3 Å². The van der Waals surface area contributed by atoms with Gasteiger partial charge in [0.15, 0.2) is 0 Å². The van der Waals surface area contributed by atoms with E-state index in [1.165, 1.54) is 37.6 Å². The second-order valence-electron chi connectivity index (χ2n) is 4.10. The van der Waals surface area contributed by atoms with Crippen LogP contribution in [-0.2, 0) is 0 Å². The van der Waals surface area contributed by atoms with Crippen molar-refractivity contribution >= 4 is 12.1 Å². The van der Waals surface area contributed by atoms with E-state index >= 15 is 0 Å². The third-order valence-electron chi connectivity index (χ3n) is 2.73. The molecule has 0 aliphatic heterocycles. The summed E-state index contributed by atoms with van der Waals surface area (Å²) in [6, 6.07) is 10.2. The van der Waals surface area contributed by atoms with Crippen LogP contribution in [0.1, 0.15) is 15.9 Å². The molecular formula is C15H13FN2O3. The summed E-state index contributed by atoms with van der Waals surface area (Å²) < 4.78 is 18.3. The molecule has 0 atom stereocenters. The van der Waals surface area contributed by atoms with E-state index in [1.54, 1.807) is 18.2 Å². The molecule has 21 heavy (non-hydrogen) atoms. The SMILES string of the molecule is COc1ccc(/C=N/NC(=O)c2ccccc2F)c(O)c1. The molecule has 2 N–H and O–H groups in total. The maximum atomic E-state index is 13.4. The van der Waals surface area contributed by atoms with Crippen LogP contribution in [0, 0.1) is 5.82 Å². The van der Waals surface area contributed by atoms with Gasteiger partial charge >= 0.3 is 0 Å². The van der Waals surface area contributed by atoms with Crippen LogP contribution in [0.2, 0.25) is 0 Å². The first-order valence-electron chi connectivity index (χ1n) is 6.06. The summed E-state index contributed by atoms with van der Waals surface area (Å²) in [6.07, 6.45) is 1.26. The lowest BCUT2D eigenvalue weighted by molar-refractivity contribution is 0.0951. The van der Waals surface area contributed by atoms with Crippen LogP contribution in [0.5, 0.6) is 11.5 Å². The number of carbonyl (C=O) groups excluding carboxylic acids is 1. The summed E-state index contributed by atoms with van der Waals surface area (Å²) in [5.74, 6) is -0.840. The van der Waals surface area contributed by atoms with Crippen LogP contribution in [-0.4, -0.2) is 24.3 Å². The minimum Gasteiger partial charge on any atom is -0.507 e. The predicted molar refractivity (Wildman–Crippen MR) is 76.1 cm³/mol. The third kappa shape index (κ3) is 3.56. The fourth-order valence-electron chi connectivity index (χ4n) is 1.63. The van der Waals surface area contributed by atoms with Crippen molar-refractivity contribution in [2.24, 2.45) is 5.10 Å². The molecular weight excluding hydrogens is 275 g/mol. The standard InChI is InChI=1S/C15H13FN2O3/c1-21-11-7-6-10(14(19)8-11)9-17-18-15(20)12-4-2-3-5-13(12)16/h2-9,19H,1H3,(H,18,20)/b17-9+. The number of nitrogens with one attached hydrogen (secondary N) is 1. The lowest BCUT2D eigenvalue weighted by Gasteiger charge is -2.03. The Morgan fingerprint density at radius 1 is 1.33 bits per heavy atom. The van der Waals surface area contributed by atoms with Gasteiger partial charge in [0, 0.05) is 11.6 Å². The van der Waals surface area contributed by atoms with Crippen molar-refractivity contribution in [1.82, 2.24) is 5.43 Å². The Labute approximate surface area is 120 Å². The van der Waals surface area contributed by atoms with Crippen molar-refractivity contribution in [2.45, 2.75) is 0 Å². The van der Waals surface area contributed by atoms with Gasteiger partial charge in [-0.15, -0.1) is 0 Å². The van der Waals surface area contributed by atoms with Gasteiger partial charge in [0.1, 0.15) is 17.3 Å². The highest BCUT2D eigenvalue weighted by Crippen LogP contribution is 2.21. The molecule has 0 unspecified atom stereocenters. The lowest BCUT2D eigenvalue weighted by Crippen LogP contribution is -2.18. The molecule has 0 aliphatic carbocycles. The Bertz CT molecular complexity index is 686. The Balaban J connectivity index is 2.06. The number of nitrogens with zero attached hydrogens (tertiary/aromatic N) is 1. The molecule has 1 amide bonds. The van der Waals surface area contributed by atoms with Gasteiger partial charge in [-0.05, 0) is 24.3 Å². The van der Waals surface area contributed by atoms with E-state index in [0.29, 0.717) is 11.3 Å². The first-order valence-corrected chi connectivity index (χ1v) is 6.06. The average molecular weight is 288 g/mol. The first kappa shape index (κ1) is 14.5. The number of phenolic OH excluding ortho intramolecular Hbond substituents is 1. The highest BCUT2D eigenvalue weighted by molar-refractivity contribution is 5.95. The highest BCUT2D eigenvalue weighted by atomic mass is 19.1. The molecule has 0 radical (unpaired) electrons. The summed E-state index contributed by atoms with van der Waals surface area (Å²) in [4.78, 5) is 11.7. The number of methoxy groups -OCH3 is 1. The molecule has 0 spiro atoms. The molecule has 0 aromatic heterocycles. The molecule has 0 saturated heterocycles. The van der Waals surface area contributed by atoms with E-state index in [1.807, 2.05) is 0 Å². The van der Waals surface area contributed by atoms with E-state index in [4.69, 9.17) is 4.74 Å². The normalized spacial score (nSPS) is 10.6. The largest absolute Gasteiger partial charge is 0.507 e. The number of benzene rings is 2. The number of ether oxygens (including phenoxy) is 1. The maximum absolute atomic E-state index is 13.4. The molecule has 6 heteroatoms. The predicted octanol–water partition coefficient (Wildman–Crippen LogP) is 2.30. The van der Waals surface area contributed by atoms with Crippen molar-refractivity contribution < 1.29 is 19.0 Å². The quantitative estimate of drug-likeness (QED) is 0.670. The van der Waals surface area contributed by atoms with Gasteiger partial charge in [-0.25, -0.2) is 9.82 Å². The second kappa shape index (κ2) is 6.51. The summed E-state index contributed by atoms with van der Waals surface area (Å²) in [5.41, 5.74) is 2.48. The van der Waals surface area contributed by atoms with Gasteiger partial charge in [-0.2, -0.15) is 5.10 Å².